The van der Waals surface area contributed by atoms with Crippen molar-refractivity contribution in [3.63, 3.8) is 0 Å². The van der Waals surface area contributed by atoms with E-state index in [9.17, 15) is 5.11 Å². The summed E-state index contributed by atoms with van der Waals surface area (Å²) in [5, 5.41) is 12.7. The van der Waals surface area contributed by atoms with E-state index in [4.69, 9.17) is 4.74 Å². The highest BCUT2D eigenvalue weighted by atomic mass is 32.1. The Balaban J connectivity index is 2.11. The number of ether oxygens (including phenoxy) is 1. The van der Waals surface area contributed by atoms with Crippen LogP contribution < -0.4 is 4.74 Å². The fourth-order valence-corrected chi connectivity index (χ4v) is 1.93. The molecule has 0 spiro atoms. The van der Waals surface area contributed by atoms with Gasteiger partial charge in [0.15, 0.2) is 0 Å². The van der Waals surface area contributed by atoms with Crippen LogP contribution in [-0.2, 0) is 6.42 Å². The fourth-order valence-electron chi connectivity index (χ4n) is 1.27. The summed E-state index contributed by atoms with van der Waals surface area (Å²) in [6.07, 6.45) is 2.87. The lowest BCUT2D eigenvalue weighted by molar-refractivity contribution is 0.172. The predicted octanol–water partition coefficient (Wildman–Crippen LogP) is 1.22. The molecule has 0 aliphatic heterocycles. The zero-order chi connectivity index (χ0) is 11.4. The molecule has 0 radical (unpaired) electrons. The second kappa shape index (κ2) is 5.00. The molecule has 2 heterocycles. The third-order valence-electron chi connectivity index (χ3n) is 2.07. The average molecular weight is 237 g/mol. The summed E-state index contributed by atoms with van der Waals surface area (Å²) in [7, 11) is 1.53. The van der Waals surface area contributed by atoms with Gasteiger partial charge in [0.05, 0.1) is 17.8 Å². The molecular weight excluding hydrogens is 226 g/mol. The largest absolute Gasteiger partial charge is 0.481 e. The van der Waals surface area contributed by atoms with E-state index in [2.05, 4.69) is 15.0 Å². The van der Waals surface area contributed by atoms with E-state index in [1.165, 1.54) is 24.8 Å². The Hall–Kier alpha value is -1.53. The van der Waals surface area contributed by atoms with E-state index in [0.717, 1.165) is 5.01 Å². The number of thiazole rings is 1. The molecule has 0 aliphatic rings. The maximum absolute atomic E-state index is 9.93. The lowest BCUT2D eigenvalue weighted by Crippen LogP contribution is -2.05. The average Bonchev–Trinajstić information content (AvgIpc) is 2.82. The van der Waals surface area contributed by atoms with Crippen molar-refractivity contribution in [2.75, 3.05) is 7.11 Å². The Morgan fingerprint density at radius 2 is 2.31 bits per heavy atom. The van der Waals surface area contributed by atoms with Crippen LogP contribution in [0.25, 0.3) is 0 Å². The predicted molar refractivity (Wildman–Crippen MR) is 59.4 cm³/mol. The normalized spacial score (nSPS) is 12.4. The number of aromatic nitrogens is 3. The van der Waals surface area contributed by atoms with Crippen LogP contribution in [0, 0.1) is 0 Å². The van der Waals surface area contributed by atoms with Gasteiger partial charge < -0.3 is 9.84 Å². The summed E-state index contributed by atoms with van der Waals surface area (Å²) in [5.74, 6) is 0.447. The Bertz CT molecular complexity index is 447. The standard InChI is InChI=1S/C10H11N3O2S/c1-15-9-4-7(12-6-13-9)8(14)5-10-11-2-3-16-10/h2-4,6,8,14H,5H2,1H3. The van der Waals surface area contributed by atoms with Gasteiger partial charge in [-0.1, -0.05) is 0 Å². The lowest BCUT2D eigenvalue weighted by atomic mass is 10.2. The smallest absolute Gasteiger partial charge is 0.216 e. The van der Waals surface area contributed by atoms with Crippen LogP contribution in [0.15, 0.2) is 24.0 Å². The number of nitrogens with zero attached hydrogens (tertiary/aromatic N) is 3. The van der Waals surface area contributed by atoms with Crippen molar-refractivity contribution in [3.8, 4) is 5.88 Å². The SMILES string of the molecule is COc1cc(C(O)Cc2nccs2)ncn1. The van der Waals surface area contributed by atoms with E-state index in [1.54, 1.807) is 12.3 Å². The van der Waals surface area contributed by atoms with Gasteiger partial charge in [0.2, 0.25) is 5.88 Å². The van der Waals surface area contributed by atoms with Gasteiger partial charge in [0, 0.05) is 24.1 Å². The Labute approximate surface area is 96.8 Å². The molecule has 0 fully saturated rings. The molecule has 5 nitrogen and oxygen atoms in total. The first kappa shape index (κ1) is 11.0. The van der Waals surface area contributed by atoms with Gasteiger partial charge in [-0.3, -0.25) is 0 Å². The maximum atomic E-state index is 9.93. The van der Waals surface area contributed by atoms with E-state index in [-0.39, 0.29) is 0 Å². The van der Waals surface area contributed by atoms with Gasteiger partial charge in [-0.05, 0) is 0 Å². The minimum absolute atomic E-state index is 0.447. The van der Waals surface area contributed by atoms with Gasteiger partial charge in [-0.25, -0.2) is 15.0 Å². The first-order valence-electron chi connectivity index (χ1n) is 4.72. The van der Waals surface area contributed by atoms with Crippen LogP contribution in [0.3, 0.4) is 0 Å². The topological polar surface area (TPSA) is 68.1 Å². The minimum atomic E-state index is -0.678. The van der Waals surface area contributed by atoms with Crippen molar-refractivity contribution < 1.29 is 9.84 Å². The second-order valence-corrected chi connectivity index (χ2v) is 4.11. The summed E-state index contributed by atoms with van der Waals surface area (Å²) in [4.78, 5) is 12.0. The first-order chi connectivity index (χ1) is 7.79. The van der Waals surface area contributed by atoms with E-state index >= 15 is 0 Å². The molecule has 2 aromatic rings. The molecule has 2 aromatic heterocycles. The van der Waals surface area contributed by atoms with E-state index in [0.29, 0.717) is 18.0 Å². The zero-order valence-corrected chi connectivity index (χ0v) is 9.52. The van der Waals surface area contributed by atoms with Crippen LogP contribution in [0.1, 0.15) is 16.8 Å². The highest BCUT2D eigenvalue weighted by Crippen LogP contribution is 2.19. The number of aliphatic hydroxyl groups excluding tert-OH is 1. The summed E-state index contributed by atoms with van der Waals surface area (Å²) >= 11 is 1.51. The van der Waals surface area contributed by atoms with Crippen molar-refractivity contribution in [2.45, 2.75) is 12.5 Å². The molecule has 0 bridgehead atoms. The Morgan fingerprint density at radius 1 is 1.44 bits per heavy atom. The van der Waals surface area contributed by atoms with Gasteiger partial charge in [-0.2, -0.15) is 0 Å². The van der Waals surface area contributed by atoms with Crippen LogP contribution in [0.2, 0.25) is 0 Å². The van der Waals surface area contributed by atoms with Gasteiger partial charge in [0.1, 0.15) is 12.4 Å². The molecule has 0 aromatic carbocycles. The summed E-state index contributed by atoms with van der Waals surface area (Å²) < 4.78 is 4.96. The molecule has 0 saturated heterocycles. The lowest BCUT2D eigenvalue weighted by Gasteiger charge is -2.08. The van der Waals surface area contributed by atoms with Crippen molar-refractivity contribution >= 4 is 11.3 Å². The van der Waals surface area contributed by atoms with Gasteiger partial charge in [-0.15, -0.1) is 11.3 Å². The fraction of sp³-hybridized carbons (Fsp3) is 0.300. The molecule has 0 aliphatic carbocycles. The number of rotatable bonds is 4. The van der Waals surface area contributed by atoms with E-state index < -0.39 is 6.10 Å². The number of methoxy groups -OCH3 is 1. The van der Waals surface area contributed by atoms with Crippen LogP contribution in [0.4, 0.5) is 0 Å². The Morgan fingerprint density at radius 3 is 3.00 bits per heavy atom. The quantitative estimate of drug-likeness (QED) is 0.865. The van der Waals surface area contributed by atoms with Crippen molar-refractivity contribution in [1.29, 1.82) is 0 Å². The van der Waals surface area contributed by atoms with Crippen molar-refractivity contribution in [2.24, 2.45) is 0 Å². The highest BCUT2D eigenvalue weighted by Gasteiger charge is 2.12. The molecule has 0 saturated carbocycles. The molecular formula is C10H11N3O2S. The minimum Gasteiger partial charge on any atom is -0.481 e. The van der Waals surface area contributed by atoms with Crippen LogP contribution in [0.5, 0.6) is 5.88 Å². The number of hydrogen-bond acceptors (Lipinski definition) is 6. The molecule has 6 heteroatoms. The first-order valence-corrected chi connectivity index (χ1v) is 5.60. The highest BCUT2D eigenvalue weighted by molar-refractivity contribution is 7.09. The van der Waals surface area contributed by atoms with Gasteiger partial charge >= 0.3 is 0 Å². The molecule has 1 unspecified atom stereocenters. The molecule has 2 rings (SSSR count). The second-order valence-electron chi connectivity index (χ2n) is 3.13. The number of aliphatic hydroxyl groups is 1. The third-order valence-corrected chi connectivity index (χ3v) is 2.87. The molecule has 1 atom stereocenters. The monoisotopic (exact) mass is 237 g/mol. The zero-order valence-electron chi connectivity index (χ0n) is 8.70. The van der Waals surface area contributed by atoms with E-state index in [1.807, 2.05) is 5.38 Å². The molecule has 16 heavy (non-hydrogen) atoms. The Kier molecular flexibility index (Phi) is 3.43. The number of hydrogen-bond donors (Lipinski definition) is 1. The summed E-state index contributed by atoms with van der Waals surface area (Å²) in [6.45, 7) is 0. The molecule has 1 N–H and O–H groups in total. The third kappa shape index (κ3) is 2.53. The summed E-state index contributed by atoms with van der Waals surface area (Å²) in [6, 6.07) is 1.62. The molecule has 84 valence electrons. The van der Waals surface area contributed by atoms with Crippen molar-refractivity contribution in [1.82, 2.24) is 15.0 Å². The molecule has 0 amide bonds. The van der Waals surface area contributed by atoms with Crippen LogP contribution >= 0.6 is 11.3 Å². The maximum Gasteiger partial charge on any atom is 0.216 e. The van der Waals surface area contributed by atoms with Crippen LogP contribution in [-0.4, -0.2) is 27.2 Å². The van der Waals surface area contributed by atoms with Gasteiger partial charge in [0.25, 0.3) is 0 Å². The summed E-state index contributed by atoms with van der Waals surface area (Å²) in [5.41, 5.74) is 0.544. The van der Waals surface area contributed by atoms with Crippen molar-refractivity contribution in [3.05, 3.63) is 34.7 Å².